The molecule has 3 aromatic rings. The SMILES string of the molecule is COc1cc(OC)c(OC)cc1CNC(Cc1ccccc1)c1ccccc1. The van der Waals surface area contributed by atoms with Gasteiger partial charge in [0.2, 0.25) is 0 Å². The summed E-state index contributed by atoms with van der Waals surface area (Å²) in [6.45, 7) is 0.649. The van der Waals surface area contributed by atoms with Gasteiger partial charge in [-0.2, -0.15) is 0 Å². The Balaban J connectivity index is 1.83. The molecule has 0 fully saturated rings. The molecule has 1 atom stereocenters. The van der Waals surface area contributed by atoms with Crippen molar-refractivity contribution in [1.29, 1.82) is 0 Å². The van der Waals surface area contributed by atoms with Crippen molar-refractivity contribution in [2.24, 2.45) is 0 Å². The molecule has 0 aliphatic carbocycles. The minimum absolute atomic E-state index is 0.182. The van der Waals surface area contributed by atoms with Crippen molar-refractivity contribution in [3.05, 3.63) is 89.5 Å². The molecular weight excluding hydrogens is 350 g/mol. The summed E-state index contributed by atoms with van der Waals surface area (Å²) in [4.78, 5) is 0. The molecule has 3 rings (SSSR count). The van der Waals surface area contributed by atoms with Gasteiger partial charge in [-0.05, 0) is 23.6 Å². The molecule has 0 saturated carbocycles. The number of ether oxygens (including phenoxy) is 3. The molecule has 0 bridgehead atoms. The van der Waals surface area contributed by atoms with Gasteiger partial charge in [-0.1, -0.05) is 60.7 Å². The fourth-order valence-electron chi connectivity index (χ4n) is 3.31. The second-order valence-corrected chi connectivity index (χ2v) is 6.55. The van der Waals surface area contributed by atoms with Crippen LogP contribution in [-0.4, -0.2) is 21.3 Å². The zero-order valence-corrected chi connectivity index (χ0v) is 16.6. The molecule has 0 aliphatic heterocycles. The van der Waals surface area contributed by atoms with Crippen molar-refractivity contribution < 1.29 is 14.2 Å². The second kappa shape index (κ2) is 9.81. The molecule has 1 N–H and O–H groups in total. The molecule has 0 amide bonds. The van der Waals surface area contributed by atoms with Gasteiger partial charge < -0.3 is 19.5 Å². The van der Waals surface area contributed by atoms with Crippen molar-refractivity contribution in [3.63, 3.8) is 0 Å². The van der Waals surface area contributed by atoms with Gasteiger partial charge in [0.15, 0.2) is 11.5 Å². The number of rotatable bonds is 9. The Hall–Kier alpha value is -2.98. The van der Waals surface area contributed by atoms with Crippen molar-refractivity contribution in [2.75, 3.05) is 21.3 Å². The first kappa shape index (κ1) is 19.8. The minimum Gasteiger partial charge on any atom is -0.496 e. The first-order chi connectivity index (χ1) is 13.7. The Kier molecular flexibility index (Phi) is 6.93. The Labute approximate surface area is 167 Å². The van der Waals surface area contributed by atoms with Crippen LogP contribution in [0.1, 0.15) is 22.7 Å². The third-order valence-electron chi connectivity index (χ3n) is 4.81. The number of nitrogens with one attached hydrogen (secondary N) is 1. The summed E-state index contributed by atoms with van der Waals surface area (Å²) in [6, 6.07) is 25.0. The van der Waals surface area contributed by atoms with Crippen LogP contribution in [0.4, 0.5) is 0 Å². The number of hydrogen-bond donors (Lipinski definition) is 1. The van der Waals surface area contributed by atoms with Crippen molar-refractivity contribution in [3.8, 4) is 17.2 Å². The van der Waals surface area contributed by atoms with E-state index in [-0.39, 0.29) is 6.04 Å². The normalized spacial score (nSPS) is 11.7. The topological polar surface area (TPSA) is 39.7 Å². The van der Waals surface area contributed by atoms with Crippen LogP contribution in [0.2, 0.25) is 0 Å². The van der Waals surface area contributed by atoms with Gasteiger partial charge in [0.25, 0.3) is 0 Å². The molecule has 4 heteroatoms. The zero-order chi connectivity index (χ0) is 19.8. The van der Waals surface area contributed by atoms with E-state index in [1.807, 2.05) is 24.3 Å². The third kappa shape index (κ3) is 4.84. The highest BCUT2D eigenvalue weighted by molar-refractivity contribution is 5.50. The molecule has 28 heavy (non-hydrogen) atoms. The smallest absolute Gasteiger partial charge is 0.164 e. The lowest BCUT2D eigenvalue weighted by Crippen LogP contribution is -2.23. The van der Waals surface area contributed by atoms with Crippen molar-refractivity contribution in [2.45, 2.75) is 19.0 Å². The minimum atomic E-state index is 0.182. The maximum Gasteiger partial charge on any atom is 0.164 e. The summed E-state index contributed by atoms with van der Waals surface area (Å²) >= 11 is 0. The van der Waals surface area contributed by atoms with Gasteiger partial charge in [0.05, 0.1) is 21.3 Å². The standard InChI is InChI=1S/C24H27NO3/c1-26-22-16-24(28-3)23(27-2)15-20(22)17-25-21(19-12-8-5-9-13-19)14-18-10-6-4-7-11-18/h4-13,15-16,21,25H,14,17H2,1-3H3. The molecule has 0 radical (unpaired) electrons. The summed E-state index contributed by atoms with van der Waals surface area (Å²) in [7, 11) is 4.94. The predicted octanol–water partition coefficient (Wildman–Crippen LogP) is 4.79. The predicted molar refractivity (Wildman–Crippen MR) is 112 cm³/mol. The summed E-state index contributed by atoms with van der Waals surface area (Å²) in [5.41, 5.74) is 3.57. The average molecular weight is 377 g/mol. The molecule has 0 heterocycles. The Morgan fingerprint density at radius 2 is 1.29 bits per heavy atom. The van der Waals surface area contributed by atoms with Crippen LogP contribution >= 0.6 is 0 Å². The second-order valence-electron chi connectivity index (χ2n) is 6.55. The summed E-state index contributed by atoms with van der Waals surface area (Å²) in [5, 5.41) is 3.69. The molecule has 1 unspecified atom stereocenters. The maximum atomic E-state index is 5.57. The highest BCUT2D eigenvalue weighted by atomic mass is 16.5. The Morgan fingerprint density at radius 1 is 0.714 bits per heavy atom. The molecule has 0 aromatic heterocycles. The van der Waals surface area contributed by atoms with Crippen LogP contribution in [0, 0.1) is 0 Å². The Bertz CT molecular complexity index is 866. The highest BCUT2D eigenvalue weighted by Gasteiger charge is 2.15. The van der Waals surface area contributed by atoms with Crippen molar-refractivity contribution >= 4 is 0 Å². The van der Waals surface area contributed by atoms with Gasteiger partial charge in [-0.3, -0.25) is 0 Å². The van der Waals surface area contributed by atoms with E-state index >= 15 is 0 Å². The monoisotopic (exact) mass is 377 g/mol. The van der Waals surface area contributed by atoms with Gasteiger partial charge in [-0.25, -0.2) is 0 Å². The summed E-state index contributed by atoms with van der Waals surface area (Å²) < 4.78 is 16.4. The maximum absolute atomic E-state index is 5.57. The fraction of sp³-hybridized carbons (Fsp3) is 0.250. The van der Waals surface area contributed by atoms with Gasteiger partial charge in [-0.15, -0.1) is 0 Å². The quantitative estimate of drug-likeness (QED) is 0.582. The van der Waals surface area contributed by atoms with E-state index in [4.69, 9.17) is 14.2 Å². The van der Waals surface area contributed by atoms with E-state index in [1.54, 1.807) is 21.3 Å². The lowest BCUT2D eigenvalue weighted by atomic mass is 9.98. The van der Waals surface area contributed by atoms with Gasteiger partial charge in [0, 0.05) is 24.2 Å². The van der Waals surface area contributed by atoms with Crippen LogP contribution in [0.25, 0.3) is 0 Å². The van der Waals surface area contributed by atoms with Crippen LogP contribution in [-0.2, 0) is 13.0 Å². The van der Waals surface area contributed by atoms with E-state index in [0.717, 1.165) is 17.7 Å². The van der Waals surface area contributed by atoms with E-state index in [0.29, 0.717) is 18.0 Å². The van der Waals surface area contributed by atoms with E-state index in [1.165, 1.54) is 11.1 Å². The van der Waals surface area contributed by atoms with E-state index in [9.17, 15) is 0 Å². The average Bonchev–Trinajstić information content (AvgIpc) is 2.77. The fourth-order valence-corrected chi connectivity index (χ4v) is 3.31. The summed E-state index contributed by atoms with van der Waals surface area (Å²) in [6.07, 6.45) is 0.903. The molecule has 0 spiro atoms. The largest absolute Gasteiger partial charge is 0.496 e. The van der Waals surface area contributed by atoms with Crippen LogP contribution < -0.4 is 19.5 Å². The molecule has 0 saturated heterocycles. The molecule has 3 aromatic carbocycles. The van der Waals surface area contributed by atoms with Gasteiger partial charge >= 0.3 is 0 Å². The molecule has 146 valence electrons. The third-order valence-corrected chi connectivity index (χ3v) is 4.81. The molecule has 0 aliphatic rings. The zero-order valence-electron chi connectivity index (χ0n) is 16.6. The van der Waals surface area contributed by atoms with Crippen LogP contribution in [0.5, 0.6) is 17.2 Å². The van der Waals surface area contributed by atoms with E-state index in [2.05, 4.69) is 53.8 Å². The number of methoxy groups -OCH3 is 3. The summed E-state index contributed by atoms with van der Waals surface area (Å²) in [5.74, 6) is 2.13. The molecule has 4 nitrogen and oxygen atoms in total. The molecular formula is C24H27NO3. The lowest BCUT2D eigenvalue weighted by molar-refractivity contribution is 0.346. The van der Waals surface area contributed by atoms with Gasteiger partial charge in [0.1, 0.15) is 5.75 Å². The van der Waals surface area contributed by atoms with E-state index < -0.39 is 0 Å². The number of benzene rings is 3. The first-order valence-corrected chi connectivity index (χ1v) is 9.36. The first-order valence-electron chi connectivity index (χ1n) is 9.36. The Morgan fingerprint density at radius 3 is 1.89 bits per heavy atom. The highest BCUT2D eigenvalue weighted by Crippen LogP contribution is 2.35. The number of hydrogen-bond acceptors (Lipinski definition) is 4. The van der Waals surface area contributed by atoms with Crippen molar-refractivity contribution in [1.82, 2.24) is 5.32 Å². The van der Waals surface area contributed by atoms with Crippen LogP contribution in [0.15, 0.2) is 72.8 Å². The lowest BCUT2D eigenvalue weighted by Gasteiger charge is -2.21. The van der Waals surface area contributed by atoms with Crippen LogP contribution in [0.3, 0.4) is 0 Å².